The van der Waals surface area contributed by atoms with E-state index in [-0.39, 0.29) is 11.9 Å². The Bertz CT molecular complexity index is 1410. The smallest absolute Gasteiger partial charge is 0.292 e. The van der Waals surface area contributed by atoms with Crippen LogP contribution in [0.25, 0.3) is 33.4 Å². The van der Waals surface area contributed by atoms with E-state index in [1.807, 2.05) is 16.8 Å². The Kier molecular flexibility index (Phi) is 12.3. The number of aromatic nitrogens is 5. The molecule has 4 aromatic rings. The van der Waals surface area contributed by atoms with Crippen LogP contribution in [-0.4, -0.2) is 90.0 Å². The van der Waals surface area contributed by atoms with Gasteiger partial charge in [-0.15, -0.1) is 0 Å². The number of benzene rings is 1. The Hall–Kier alpha value is -3.85. The number of hydrogen-bond donors (Lipinski definition) is 3. The molecule has 0 spiro atoms. The van der Waals surface area contributed by atoms with E-state index in [4.69, 9.17) is 39.9 Å². The Morgan fingerprint density at radius 1 is 0.952 bits per heavy atom. The molecule has 0 unspecified atom stereocenters. The molecule has 0 aliphatic rings. The molecule has 5 N–H and O–H groups in total. The first-order valence-corrected chi connectivity index (χ1v) is 14.3. The highest BCUT2D eigenvalue weighted by molar-refractivity contribution is 5.99. The number of fused-ring (bicyclic) bond motifs is 2. The summed E-state index contributed by atoms with van der Waals surface area (Å²) in [6.45, 7) is 7.41. The van der Waals surface area contributed by atoms with Crippen molar-refractivity contribution in [3.63, 3.8) is 0 Å². The predicted molar refractivity (Wildman–Crippen MR) is 158 cm³/mol. The van der Waals surface area contributed by atoms with Crippen molar-refractivity contribution in [2.75, 3.05) is 70.9 Å². The molecule has 0 saturated heterocycles. The van der Waals surface area contributed by atoms with Gasteiger partial charge in [0, 0.05) is 31.7 Å². The highest BCUT2D eigenvalue weighted by Gasteiger charge is 2.18. The molecular formula is C28H40N8O6. The molecule has 0 fully saturated rings. The second kappa shape index (κ2) is 16.6. The summed E-state index contributed by atoms with van der Waals surface area (Å²) in [7, 11) is 0. The van der Waals surface area contributed by atoms with E-state index >= 15 is 0 Å². The number of aryl methyl sites for hydroxylation is 1. The van der Waals surface area contributed by atoms with Crippen LogP contribution in [0.5, 0.6) is 0 Å². The van der Waals surface area contributed by atoms with Gasteiger partial charge in [-0.05, 0) is 37.5 Å². The summed E-state index contributed by atoms with van der Waals surface area (Å²) in [6.07, 6.45) is 4.28. The second-order valence-corrected chi connectivity index (χ2v) is 9.52. The normalized spacial score (nSPS) is 11.5. The number of unbranched alkanes of at least 4 members (excludes halogenated alkanes) is 1. The monoisotopic (exact) mass is 584 g/mol. The largest absolute Gasteiger partial charge is 0.424 e. The molecule has 1 amide bonds. The first-order valence-electron chi connectivity index (χ1n) is 14.3. The van der Waals surface area contributed by atoms with Crippen molar-refractivity contribution < 1.29 is 28.2 Å². The molecule has 3 aromatic heterocycles. The van der Waals surface area contributed by atoms with Crippen LogP contribution in [0.1, 0.15) is 32.6 Å². The minimum Gasteiger partial charge on any atom is -0.424 e. The number of nitrogens with two attached hydrogens (primary N) is 2. The van der Waals surface area contributed by atoms with Crippen LogP contribution in [0.4, 0.5) is 11.8 Å². The summed E-state index contributed by atoms with van der Waals surface area (Å²) < 4.78 is 28.9. The van der Waals surface area contributed by atoms with Gasteiger partial charge in [0.05, 0.1) is 51.6 Å². The molecule has 1 aromatic carbocycles. The third kappa shape index (κ3) is 9.08. The number of carbonyl (C=O) groups excluding carboxylic acids is 1. The van der Waals surface area contributed by atoms with Crippen LogP contribution in [0, 0.1) is 0 Å². The van der Waals surface area contributed by atoms with Crippen LogP contribution in [-0.2, 0) is 30.3 Å². The van der Waals surface area contributed by atoms with Gasteiger partial charge in [0.2, 0.25) is 5.91 Å². The van der Waals surface area contributed by atoms with E-state index in [1.165, 1.54) is 6.33 Å². The number of carbonyl (C=O) groups is 1. The van der Waals surface area contributed by atoms with Crippen LogP contribution < -0.4 is 16.8 Å². The van der Waals surface area contributed by atoms with Gasteiger partial charge in [-0.1, -0.05) is 6.92 Å². The highest BCUT2D eigenvalue weighted by atomic mass is 16.6. The van der Waals surface area contributed by atoms with Crippen molar-refractivity contribution in [3.05, 3.63) is 24.5 Å². The zero-order valence-electron chi connectivity index (χ0n) is 24.0. The molecule has 0 radical (unpaired) electrons. The summed E-state index contributed by atoms with van der Waals surface area (Å²) in [5.41, 5.74) is 15.2. The first kappa shape index (κ1) is 31.1. The fourth-order valence-corrected chi connectivity index (χ4v) is 4.25. The fraction of sp³-hybridized carbons (Fsp3) is 0.536. The van der Waals surface area contributed by atoms with E-state index in [0.717, 1.165) is 31.4 Å². The van der Waals surface area contributed by atoms with Crippen LogP contribution in [0.3, 0.4) is 0 Å². The number of ether oxygens (including phenoxy) is 4. The predicted octanol–water partition coefficient (Wildman–Crippen LogP) is 2.56. The van der Waals surface area contributed by atoms with Gasteiger partial charge >= 0.3 is 0 Å². The SMILES string of the molecule is CCCOCCOCCOCCOCCC(=O)NCCCCn1nc(-c2ccc3oc(N)nc3c2)c2c(N)ncnc21. The zero-order chi connectivity index (χ0) is 29.6. The lowest BCUT2D eigenvalue weighted by Crippen LogP contribution is -2.26. The van der Waals surface area contributed by atoms with Crippen LogP contribution in [0.15, 0.2) is 28.9 Å². The first-order chi connectivity index (χ1) is 20.6. The number of hydrogen-bond acceptors (Lipinski definition) is 12. The quantitative estimate of drug-likeness (QED) is 0.129. The lowest BCUT2D eigenvalue weighted by atomic mass is 10.1. The van der Waals surface area contributed by atoms with Gasteiger partial charge in [0.25, 0.3) is 6.01 Å². The minimum absolute atomic E-state index is 0.0502. The third-order valence-corrected chi connectivity index (χ3v) is 6.29. The van der Waals surface area contributed by atoms with E-state index in [9.17, 15) is 4.79 Å². The summed E-state index contributed by atoms with van der Waals surface area (Å²) in [6, 6.07) is 5.62. The maximum absolute atomic E-state index is 12.1. The summed E-state index contributed by atoms with van der Waals surface area (Å²) >= 11 is 0. The molecule has 14 nitrogen and oxygen atoms in total. The Labute approximate surface area is 244 Å². The van der Waals surface area contributed by atoms with E-state index in [2.05, 4.69) is 27.2 Å². The van der Waals surface area contributed by atoms with Crippen molar-refractivity contribution in [2.24, 2.45) is 0 Å². The topological polar surface area (TPSA) is 188 Å². The summed E-state index contributed by atoms with van der Waals surface area (Å²) in [5.74, 6) is 0.297. The van der Waals surface area contributed by atoms with Crippen molar-refractivity contribution >= 4 is 39.9 Å². The number of nitrogens with one attached hydrogen (secondary N) is 1. The van der Waals surface area contributed by atoms with Gasteiger partial charge in [-0.25, -0.2) is 14.6 Å². The molecular weight excluding hydrogens is 544 g/mol. The van der Waals surface area contributed by atoms with Crippen LogP contribution >= 0.6 is 0 Å². The van der Waals surface area contributed by atoms with Gasteiger partial charge < -0.3 is 40.1 Å². The van der Waals surface area contributed by atoms with Crippen molar-refractivity contribution in [3.8, 4) is 11.3 Å². The van der Waals surface area contributed by atoms with E-state index in [0.29, 0.717) is 99.4 Å². The number of anilines is 2. The van der Waals surface area contributed by atoms with Crippen molar-refractivity contribution in [1.82, 2.24) is 30.0 Å². The van der Waals surface area contributed by atoms with Crippen molar-refractivity contribution in [1.29, 1.82) is 0 Å². The molecule has 0 atom stereocenters. The minimum atomic E-state index is -0.0502. The molecule has 0 aliphatic carbocycles. The van der Waals surface area contributed by atoms with E-state index < -0.39 is 0 Å². The lowest BCUT2D eigenvalue weighted by molar-refractivity contribution is -0.122. The number of amides is 1. The number of nitrogens with zero attached hydrogens (tertiary/aromatic N) is 5. The number of oxazole rings is 1. The second-order valence-electron chi connectivity index (χ2n) is 9.52. The third-order valence-electron chi connectivity index (χ3n) is 6.29. The Morgan fingerprint density at radius 3 is 2.40 bits per heavy atom. The van der Waals surface area contributed by atoms with Gasteiger partial charge in [-0.2, -0.15) is 10.1 Å². The van der Waals surface area contributed by atoms with Gasteiger partial charge in [0.1, 0.15) is 23.4 Å². The van der Waals surface area contributed by atoms with Gasteiger partial charge in [0.15, 0.2) is 11.2 Å². The molecule has 3 heterocycles. The lowest BCUT2D eigenvalue weighted by Gasteiger charge is -2.08. The Morgan fingerprint density at radius 2 is 1.67 bits per heavy atom. The maximum atomic E-state index is 12.1. The summed E-state index contributed by atoms with van der Waals surface area (Å²) in [4.78, 5) is 24.9. The molecule has 0 bridgehead atoms. The van der Waals surface area contributed by atoms with Gasteiger partial charge in [-0.3, -0.25) is 4.79 Å². The average Bonchev–Trinajstić information content (AvgIpc) is 3.55. The van der Waals surface area contributed by atoms with Crippen molar-refractivity contribution in [2.45, 2.75) is 39.2 Å². The molecule has 0 aliphatic heterocycles. The highest BCUT2D eigenvalue weighted by Crippen LogP contribution is 2.32. The zero-order valence-corrected chi connectivity index (χ0v) is 24.0. The number of nitrogen functional groups attached to an aromatic ring is 2. The van der Waals surface area contributed by atoms with E-state index in [1.54, 1.807) is 6.07 Å². The standard InChI is InChI=1S/C28H40N8O6/c1-2-10-38-12-14-40-16-17-41-15-13-39-11-7-23(37)31-8-3-4-9-36-27-24(26(29)32-19-33-27)25(35-36)20-5-6-22-21(18-20)34-28(30)42-22/h5-6,18-19H,2-4,7-17H2,1H3,(H2,30,34)(H,31,37)(H2,29,32,33). The molecule has 42 heavy (non-hydrogen) atoms. The summed E-state index contributed by atoms with van der Waals surface area (Å²) in [5, 5.41) is 8.39. The molecule has 228 valence electrons. The maximum Gasteiger partial charge on any atom is 0.292 e. The average molecular weight is 585 g/mol. The molecule has 4 rings (SSSR count). The fourth-order valence-electron chi connectivity index (χ4n) is 4.25. The number of rotatable bonds is 20. The van der Waals surface area contributed by atoms with Crippen LogP contribution in [0.2, 0.25) is 0 Å². The molecule has 14 heteroatoms. The molecule has 0 saturated carbocycles. The Balaban J connectivity index is 1.11.